The molecule has 0 aromatic heterocycles. The van der Waals surface area contributed by atoms with Gasteiger partial charge in [-0.1, -0.05) is 0 Å². The fourth-order valence-corrected chi connectivity index (χ4v) is 3.75. The van der Waals surface area contributed by atoms with Gasteiger partial charge in [0.25, 0.3) is 0 Å². The van der Waals surface area contributed by atoms with Gasteiger partial charge in [-0.15, -0.1) is 0 Å². The molecular formula is C12H12F3N3O2S. The number of nitrogens with zero attached hydrogens (tertiary/aromatic N) is 2. The zero-order valence-corrected chi connectivity index (χ0v) is 11.6. The zero-order chi connectivity index (χ0) is 15.8. The molecule has 1 saturated heterocycles. The molecular weight excluding hydrogens is 307 g/mol. The van der Waals surface area contributed by atoms with Crippen LogP contribution in [0.5, 0.6) is 0 Å². The summed E-state index contributed by atoms with van der Waals surface area (Å²) >= 11 is 0. The average Bonchev–Trinajstić information content (AvgIpc) is 2.91. The van der Waals surface area contributed by atoms with E-state index in [9.17, 15) is 21.6 Å². The fourth-order valence-electron chi connectivity index (χ4n) is 2.18. The minimum atomic E-state index is -4.83. The molecule has 0 saturated carbocycles. The molecule has 9 heteroatoms. The third-order valence-electron chi connectivity index (χ3n) is 3.28. The molecule has 1 aromatic carbocycles. The van der Waals surface area contributed by atoms with Crippen LogP contribution in [-0.2, 0) is 16.2 Å². The summed E-state index contributed by atoms with van der Waals surface area (Å²) < 4.78 is 64.5. The number of alkyl halides is 3. The van der Waals surface area contributed by atoms with Crippen molar-refractivity contribution in [2.75, 3.05) is 18.8 Å². The molecule has 0 bridgehead atoms. The second-order valence-electron chi connectivity index (χ2n) is 4.65. The Morgan fingerprint density at radius 3 is 2.29 bits per heavy atom. The van der Waals surface area contributed by atoms with Gasteiger partial charge >= 0.3 is 6.18 Å². The summed E-state index contributed by atoms with van der Waals surface area (Å²) in [6.45, 7) is 0.520. The van der Waals surface area contributed by atoms with E-state index < -0.39 is 37.9 Å². The van der Waals surface area contributed by atoms with Gasteiger partial charge in [-0.25, -0.2) is 8.42 Å². The van der Waals surface area contributed by atoms with Crippen LogP contribution < -0.4 is 5.73 Å². The van der Waals surface area contributed by atoms with Crippen molar-refractivity contribution in [1.82, 2.24) is 4.31 Å². The van der Waals surface area contributed by atoms with Crippen LogP contribution in [0.25, 0.3) is 0 Å². The summed E-state index contributed by atoms with van der Waals surface area (Å²) in [6, 6.07) is 2.88. The van der Waals surface area contributed by atoms with Crippen molar-refractivity contribution in [2.45, 2.75) is 23.9 Å². The molecule has 0 radical (unpaired) electrons. The van der Waals surface area contributed by atoms with Crippen molar-refractivity contribution < 1.29 is 21.6 Å². The summed E-state index contributed by atoms with van der Waals surface area (Å²) in [7, 11) is -4.04. The number of halogens is 3. The molecule has 5 nitrogen and oxygen atoms in total. The number of benzene rings is 1. The summed E-state index contributed by atoms with van der Waals surface area (Å²) in [5, 5.41) is 8.86. The fraction of sp³-hybridized carbons (Fsp3) is 0.417. The summed E-state index contributed by atoms with van der Waals surface area (Å²) in [5.41, 5.74) is 2.73. The van der Waals surface area contributed by atoms with E-state index in [0.29, 0.717) is 18.9 Å². The molecule has 1 aliphatic heterocycles. The molecule has 0 aliphatic carbocycles. The highest BCUT2D eigenvalue weighted by molar-refractivity contribution is 7.89. The van der Waals surface area contributed by atoms with Gasteiger partial charge in [0.15, 0.2) is 0 Å². The van der Waals surface area contributed by atoms with E-state index in [-0.39, 0.29) is 13.1 Å². The first kappa shape index (κ1) is 15.6. The van der Waals surface area contributed by atoms with Crippen molar-refractivity contribution in [2.24, 2.45) is 0 Å². The number of nitrogen functional groups attached to an aromatic ring is 1. The van der Waals surface area contributed by atoms with Crippen molar-refractivity contribution in [1.29, 1.82) is 5.26 Å². The maximum Gasteiger partial charge on any atom is 0.418 e. The van der Waals surface area contributed by atoms with Gasteiger partial charge < -0.3 is 5.73 Å². The predicted octanol–water partition coefficient (Wildman–Crippen LogP) is 1.94. The monoisotopic (exact) mass is 319 g/mol. The van der Waals surface area contributed by atoms with Crippen molar-refractivity contribution >= 4 is 15.7 Å². The molecule has 0 spiro atoms. The molecule has 2 rings (SSSR count). The standard InChI is InChI=1S/C12H12F3N3O2S/c13-12(14,15)10-6-9(5-8(7-16)11(10)17)21(19,20)18-3-1-2-4-18/h5-6H,1-4,17H2. The van der Waals surface area contributed by atoms with E-state index in [0.717, 1.165) is 10.4 Å². The summed E-state index contributed by atoms with van der Waals surface area (Å²) in [4.78, 5) is -0.553. The van der Waals surface area contributed by atoms with Gasteiger partial charge in [-0.3, -0.25) is 0 Å². The van der Waals surface area contributed by atoms with Gasteiger partial charge in [0.1, 0.15) is 6.07 Å². The van der Waals surface area contributed by atoms with Gasteiger partial charge in [0, 0.05) is 13.1 Å². The third-order valence-corrected chi connectivity index (χ3v) is 5.16. The van der Waals surface area contributed by atoms with Gasteiger partial charge in [-0.2, -0.15) is 22.7 Å². The quantitative estimate of drug-likeness (QED) is 0.844. The number of nitrogens with two attached hydrogens (primary N) is 1. The maximum absolute atomic E-state index is 12.9. The van der Waals surface area contributed by atoms with E-state index in [1.165, 1.54) is 6.07 Å². The lowest BCUT2D eigenvalue weighted by Gasteiger charge is -2.18. The Labute approximate surface area is 119 Å². The van der Waals surface area contributed by atoms with Gasteiger partial charge in [-0.05, 0) is 25.0 Å². The Bertz CT molecular complexity index is 702. The van der Waals surface area contributed by atoms with E-state index in [4.69, 9.17) is 11.0 Å². The molecule has 2 N–H and O–H groups in total. The lowest BCUT2D eigenvalue weighted by atomic mass is 10.1. The molecule has 1 heterocycles. The van der Waals surface area contributed by atoms with Crippen molar-refractivity contribution in [3.05, 3.63) is 23.3 Å². The second-order valence-corrected chi connectivity index (χ2v) is 6.59. The predicted molar refractivity (Wildman–Crippen MR) is 68.6 cm³/mol. The Morgan fingerprint density at radius 2 is 1.81 bits per heavy atom. The Balaban J connectivity index is 2.63. The second kappa shape index (κ2) is 5.20. The Kier molecular flexibility index (Phi) is 3.86. The average molecular weight is 319 g/mol. The van der Waals surface area contributed by atoms with Crippen LogP contribution >= 0.6 is 0 Å². The van der Waals surface area contributed by atoms with E-state index >= 15 is 0 Å². The topological polar surface area (TPSA) is 87.2 Å². The highest BCUT2D eigenvalue weighted by Crippen LogP contribution is 2.37. The summed E-state index contributed by atoms with van der Waals surface area (Å²) in [6.07, 6.45) is -3.51. The number of sulfonamides is 1. The van der Waals surface area contributed by atoms with E-state index in [1.54, 1.807) is 0 Å². The van der Waals surface area contributed by atoms with Crippen LogP contribution in [0.15, 0.2) is 17.0 Å². The molecule has 0 atom stereocenters. The van der Waals surface area contributed by atoms with Crippen LogP contribution in [0.2, 0.25) is 0 Å². The first-order chi connectivity index (χ1) is 9.67. The number of anilines is 1. The van der Waals surface area contributed by atoms with Crippen LogP contribution in [-0.4, -0.2) is 25.8 Å². The number of nitriles is 1. The van der Waals surface area contributed by atoms with Gasteiger partial charge in [0.2, 0.25) is 10.0 Å². The molecule has 114 valence electrons. The van der Waals surface area contributed by atoms with Crippen LogP contribution in [0, 0.1) is 11.3 Å². The van der Waals surface area contributed by atoms with Gasteiger partial charge in [0.05, 0.1) is 21.7 Å². The SMILES string of the molecule is N#Cc1cc(S(=O)(=O)N2CCCC2)cc(C(F)(F)F)c1N. The largest absolute Gasteiger partial charge is 0.418 e. The lowest BCUT2D eigenvalue weighted by Crippen LogP contribution is -2.28. The first-order valence-electron chi connectivity index (χ1n) is 6.09. The highest BCUT2D eigenvalue weighted by atomic mass is 32.2. The van der Waals surface area contributed by atoms with Crippen LogP contribution in [0.3, 0.4) is 0 Å². The normalized spacial score (nSPS) is 16.9. The lowest BCUT2D eigenvalue weighted by molar-refractivity contribution is -0.137. The van der Waals surface area contributed by atoms with E-state index in [2.05, 4.69) is 0 Å². The molecule has 21 heavy (non-hydrogen) atoms. The minimum Gasteiger partial charge on any atom is -0.397 e. The van der Waals surface area contributed by atoms with Crippen LogP contribution in [0.1, 0.15) is 24.0 Å². The number of rotatable bonds is 2. The first-order valence-corrected chi connectivity index (χ1v) is 7.53. The molecule has 0 unspecified atom stereocenters. The Morgan fingerprint density at radius 1 is 1.24 bits per heavy atom. The molecule has 1 fully saturated rings. The zero-order valence-electron chi connectivity index (χ0n) is 10.8. The molecule has 0 amide bonds. The smallest absolute Gasteiger partial charge is 0.397 e. The van der Waals surface area contributed by atoms with Crippen molar-refractivity contribution in [3.63, 3.8) is 0 Å². The minimum absolute atomic E-state index is 0.260. The number of hydrogen-bond acceptors (Lipinski definition) is 4. The molecule has 1 aromatic rings. The highest BCUT2D eigenvalue weighted by Gasteiger charge is 2.37. The molecule has 1 aliphatic rings. The number of hydrogen-bond donors (Lipinski definition) is 1. The van der Waals surface area contributed by atoms with Crippen molar-refractivity contribution in [3.8, 4) is 6.07 Å². The van der Waals surface area contributed by atoms with E-state index in [1.807, 2.05) is 0 Å². The Hall–Kier alpha value is -1.79. The third kappa shape index (κ3) is 2.82. The maximum atomic E-state index is 12.9. The van der Waals surface area contributed by atoms with Crippen LogP contribution in [0.4, 0.5) is 18.9 Å². The summed E-state index contributed by atoms with van der Waals surface area (Å²) in [5.74, 6) is 0.